The van der Waals surface area contributed by atoms with Gasteiger partial charge >= 0.3 is 0 Å². The topological polar surface area (TPSA) is 58.9 Å². The molecule has 0 aliphatic rings. The van der Waals surface area contributed by atoms with Crippen LogP contribution in [0.15, 0.2) is 12.1 Å². The molecule has 4 heteroatoms. The largest absolute Gasteiger partial charge is 0.504 e. The number of unbranched alkanes of at least 4 members (excludes halogenated alkanes) is 4. The SMILES string of the molecule is CCCCCOc1cc(O)c(OCCCCC)cc1O. The van der Waals surface area contributed by atoms with Gasteiger partial charge in [0, 0.05) is 12.1 Å². The molecule has 1 aromatic rings. The molecule has 4 nitrogen and oxygen atoms in total. The number of benzene rings is 1. The van der Waals surface area contributed by atoms with Crippen LogP contribution in [0.4, 0.5) is 0 Å². The van der Waals surface area contributed by atoms with Crippen LogP contribution >= 0.6 is 0 Å². The highest BCUT2D eigenvalue weighted by molar-refractivity contribution is 5.52. The van der Waals surface area contributed by atoms with Gasteiger partial charge in [-0.05, 0) is 12.8 Å². The standard InChI is InChI=1S/C16H26O4/c1-3-5-7-9-19-15-11-14(18)16(12-13(15)17)20-10-8-6-4-2/h11-12,17-18H,3-10H2,1-2H3. The van der Waals surface area contributed by atoms with Gasteiger partial charge in [0.15, 0.2) is 23.0 Å². The van der Waals surface area contributed by atoms with Crippen molar-refractivity contribution in [2.24, 2.45) is 0 Å². The second-order valence-electron chi connectivity index (χ2n) is 4.90. The first kappa shape index (κ1) is 16.5. The highest BCUT2D eigenvalue weighted by Gasteiger charge is 2.10. The molecule has 0 aromatic heterocycles. The maximum atomic E-state index is 9.86. The quantitative estimate of drug-likeness (QED) is 0.498. The molecule has 0 saturated carbocycles. The predicted molar refractivity (Wildman–Crippen MR) is 79.8 cm³/mol. The van der Waals surface area contributed by atoms with Crippen LogP contribution in [0.25, 0.3) is 0 Å². The van der Waals surface area contributed by atoms with E-state index in [1.54, 1.807) is 0 Å². The second-order valence-corrected chi connectivity index (χ2v) is 4.90. The van der Waals surface area contributed by atoms with Crippen LogP contribution in [0.2, 0.25) is 0 Å². The lowest BCUT2D eigenvalue weighted by Crippen LogP contribution is -1.99. The molecule has 0 heterocycles. The molecule has 0 radical (unpaired) electrons. The number of rotatable bonds is 10. The minimum Gasteiger partial charge on any atom is -0.504 e. The summed E-state index contributed by atoms with van der Waals surface area (Å²) in [5.41, 5.74) is 0. The fourth-order valence-corrected chi connectivity index (χ4v) is 1.84. The Balaban J connectivity index is 2.52. The van der Waals surface area contributed by atoms with Gasteiger partial charge in [-0.2, -0.15) is 0 Å². The highest BCUT2D eigenvalue weighted by Crippen LogP contribution is 2.38. The molecule has 0 unspecified atom stereocenters. The summed E-state index contributed by atoms with van der Waals surface area (Å²) in [5, 5.41) is 19.7. The second kappa shape index (κ2) is 9.34. The van der Waals surface area contributed by atoms with Gasteiger partial charge in [0.25, 0.3) is 0 Å². The molecule has 20 heavy (non-hydrogen) atoms. The zero-order valence-electron chi connectivity index (χ0n) is 12.5. The molecule has 0 saturated heterocycles. The Morgan fingerprint density at radius 2 is 1.15 bits per heavy atom. The number of phenolic OH excluding ortho intramolecular Hbond substituents is 2. The Kier molecular flexibility index (Phi) is 7.70. The average molecular weight is 282 g/mol. The summed E-state index contributed by atoms with van der Waals surface area (Å²) in [7, 11) is 0. The molecule has 1 rings (SSSR count). The van der Waals surface area contributed by atoms with Gasteiger partial charge in [0.1, 0.15) is 0 Å². The smallest absolute Gasteiger partial charge is 0.164 e. The van der Waals surface area contributed by atoms with Crippen molar-refractivity contribution >= 4 is 0 Å². The van der Waals surface area contributed by atoms with E-state index in [2.05, 4.69) is 13.8 Å². The Bertz CT molecular complexity index is 353. The van der Waals surface area contributed by atoms with Crippen molar-refractivity contribution in [2.75, 3.05) is 13.2 Å². The van der Waals surface area contributed by atoms with E-state index < -0.39 is 0 Å². The van der Waals surface area contributed by atoms with Gasteiger partial charge in [0.2, 0.25) is 0 Å². The molecule has 0 spiro atoms. The maximum Gasteiger partial charge on any atom is 0.164 e. The summed E-state index contributed by atoms with van der Waals surface area (Å²) in [5.74, 6) is 0.619. The van der Waals surface area contributed by atoms with Gasteiger partial charge in [0.05, 0.1) is 13.2 Å². The lowest BCUT2D eigenvalue weighted by atomic mass is 10.2. The van der Waals surface area contributed by atoms with Gasteiger partial charge in [-0.3, -0.25) is 0 Å². The van der Waals surface area contributed by atoms with E-state index in [0.29, 0.717) is 24.7 Å². The van der Waals surface area contributed by atoms with Crippen molar-refractivity contribution < 1.29 is 19.7 Å². The zero-order valence-corrected chi connectivity index (χ0v) is 12.5. The van der Waals surface area contributed by atoms with Crippen molar-refractivity contribution in [3.05, 3.63) is 12.1 Å². The van der Waals surface area contributed by atoms with Crippen molar-refractivity contribution in [3.8, 4) is 23.0 Å². The maximum absolute atomic E-state index is 9.86. The van der Waals surface area contributed by atoms with Crippen LogP contribution in [0, 0.1) is 0 Å². The minimum atomic E-state index is 0.00444. The molecular weight excluding hydrogens is 256 g/mol. The molecule has 0 atom stereocenters. The summed E-state index contributed by atoms with van der Waals surface area (Å²) >= 11 is 0. The zero-order chi connectivity index (χ0) is 14.8. The summed E-state index contributed by atoms with van der Waals surface area (Å²) < 4.78 is 10.9. The summed E-state index contributed by atoms with van der Waals surface area (Å²) in [6.07, 6.45) is 6.28. The van der Waals surface area contributed by atoms with Crippen LogP contribution in [-0.2, 0) is 0 Å². The van der Waals surface area contributed by atoms with Crippen LogP contribution in [0.5, 0.6) is 23.0 Å². The van der Waals surface area contributed by atoms with Crippen LogP contribution < -0.4 is 9.47 Å². The number of phenols is 2. The van der Waals surface area contributed by atoms with Gasteiger partial charge in [-0.1, -0.05) is 39.5 Å². The summed E-state index contributed by atoms with van der Waals surface area (Å²) in [6.45, 7) is 5.32. The first-order valence-electron chi connectivity index (χ1n) is 7.50. The van der Waals surface area contributed by atoms with E-state index in [4.69, 9.17) is 9.47 Å². The van der Waals surface area contributed by atoms with Crippen molar-refractivity contribution in [2.45, 2.75) is 52.4 Å². The van der Waals surface area contributed by atoms with Crippen molar-refractivity contribution in [1.29, 1.82) is 0 Å². The van der Waals surface area contributed by atoms with Gasteiger partial charge < -0.3 is 19.7 Å². The minimum absolute atomic E-state index is 0.00444. The Morgan fingerprint density at radius 3 is 1.50 bits per heavy atom. The lowest BCUT2D eigenvalue weighted by Gasteiger charge is -2.12. The average Bonchev–Trinajstić information content (AvgIpc) is 2.44. The number of ether oxygens (including phenoxy) is 2. The van der Waals surface area contributed by atoms with E-state index in [1.165, 1.54) is 12.1 Å². The summed E-state index contributed by atoms with van der Waals surface area (Å²) in [6, 6.07) is 2.83. The van der Waals surface area contributed by atoms with Gasteiger partial charge in [-0.25, -0.2) is 0 Å². The van der Waals surface area contributed by atoms with E-state index in [-0.39, 0.29) is 11.5 Å². The van der Waals surface area contributed by atoms with Crippen molar-refractivity contribution in [1.82, 2.24) is 0 Å². The Morgan fingerprint density at radius 1 is 0.750 bits per heavy atom. The molecule has 2 N–H and O–H groups in total. The van der Waals surface area contributed by atoms with Crippen LogP contribution in [0.1, 0.15) is 52.4 Å². The van der Waals surface area contributed by atoms with Crippen molar-refractivity contribution in [3.63, 3.8) is 0 Å². The molecule has 0 aliphatic heterocycles. The third kappa shape index (κ3) is 5.59. The van der Waals surface area contributed by atoms with Crippen LogP contribution in [-0.4, -0.2) is 23.4 Å². The predicted octanol–water partition coefficient (Wildman–Crippen LogP) is 4.24. The molecule has 114 valence electrons. The number of hydrogen-bond acceptors (Lipinski definition) is 4. The fourth-order valence-electron chi connectivity index (χ4n) is 1.84. The monoisotopic (exact) mass is 282 g/mol. The third-order valence-corrected chi connectivity index (χ3v) is 3.05. The fraction of sp³-hybridized carbons (Fsp3) is 0.625. The first-order chi connectivity index (χ1) is 9.69. The lowest BCUT2D eigenvalue weighted by molar-refractivity contribution is 0.273. The molecular formula is C16H26O4. The molecule has 1 aromatic carbocycles. The number of hydrogen-bond donors (Lipinski definition) is 2. The highest BCUT2D eigenvalue weighted by atomic mass is 16.5. The third-order valence-electron chi connectivity index (χ3n) is 3.05. The Labute approximate surface area is 121 Å². The van der Waals surface area contributed by atoms with E-state index in [1.807, 2.05) is 0 Å². The molecule has 0 fully saturated rings. The molecule has 0 aliphatic carbocycles. The van der Waals surface area contributed by atoms with E-state index >= 15 is 0 Å². The van der Waals surface area contributed by atoms with Crippen LogP contribution in [0.3, 0.4) is 0 Å². The summed E-state index contributed by atoms with van der Waals surface area (Å²) in [4.78, 5) is 0. The molecule has 0 bridgehead atoms. The molecule has 0 amide bonds. The first-order valence-corrected chi connectivity index (χ1v) is 7.50. The Hall–Kier alpha value is -1.58. The van der Waals surface area contributed by atoms with E-state index in [0.717, 1.165) is 38.5 Å². The number of aromatic hydroxyl groups is 2. The van der Waals surface area contributed by atoms with Gasteiger partial charge in [-0.15, -0.1) is 0 Å². The normalized spacial score (nSPS) is 10.5. The van der Waals surface area contributed by atoms with E-state index in [9.17, 15) is 10.2 Å².